The number of aromatic hydroxyl groups is 1. The molecular weight excluding hydrogens is 381 g/mol. The summed E-state index contributed by atoms with van der Waals surface area (Å²) in [7, 11) is -4.78. The van der Waals surface area contributed by atoms with Gasteiger partial charge in [0.25, 0.3) is 0 Å². The number of aromatic nitrogens is 3. The van der Waals surface area contributed by atoms with Gasteiger partial charge in [0.2, 0.25) is 0 Å². The highest BCUT2D eigenvalue weighted by Gasteiger charge is 2.40. The van der Waals surface area contributed by atoms with Gasteiger partial charge >= 0.3 is 13.5 Å². The number of ether oxygens (including phenoxy) is 1. The molecule has 1 aliphatic rings. The SMILES string of the molecule is O=c1n([C@H]2C[C@H](OP(=O)(O)O)[C@@H](CO)O2)ccc2nc3cc(O)ccc3n12. The number of rotatable bonds is 4. The van der Waals surface area contributed by atoms with Crippen molar-refractivity contribution in [1.82, 2.24) is 14.0 Å². The quantitative estimate of drug-likeness (QED) is 0.449. The molecule has 2 aromatic heterocycles. The standard InChI is InChI=1S/C15H16N3O8P/c19-7-12-11(26-27(22,23)24)6-14(25-12)17-4-3-13-16-9-5-8(20)1-2-10(9)18(13)15(17)21/h1-5,11-12,14,19-20H,6-7H2,(H2,22,23,24)/t11-,12+,14+/m0/s1. The van der Waals surface area contributed by atoms with Crippen molar-refractivity contribution in [2.45, 2.75) is 24.9 Å². The van der Waals surface area contributed by atoms with E-state index in [1.54, 1.807) is 12.1 Å². The Morgan fingerprint density at radius 2 is 2.11 bits per heavy atom. The maximum absolute atomic E-state index is 12.9. The van der Waals surface area contributed by atoms with Gasteiger partial charge in [-0.05, 0) is 18.2 Å². The maximum Gasteiger partial charge on any atom is 0.469 e. The lowest BCUT2D eigenvalue weighted by molar-refractivity contribution is -0.0452. The van der Waals surface area contributed by atoms with Gasteiger partial charge in [-0.15, -0.1) is 0 Å². The lowest BCUT2D eigenvalue weighted by Crippen LogP contribution is -2.29. The van der Waals surface area contributed by atoms with Crippen LogP contribution in [0.2, 0.25) is 0 Å². The van der Waals surface area contributed by atoms with Crippen LogP contribution in [0.5, 0.6) is 5.75 Å². The summed E-state index contributed by atoms with van der Waals surface area (Å²) >= 11 is 0. The van der Waals surface area contributed by atoms with Gasteiger partial charge in [-0.2, -0.15) is 0 Å². The average molecular weight is 397 g/mol. The minimum Gasteiger partial charge on any atom is -0.508 e. The molecule has 0 saturated carbocycles. The molecule has 0 aliphatic carbocycles. The fraction of sp³-hybridized carbons (Fsp3) is 0.333. The number of imidazole rings is 1. The van der Waals surface area contributed by atoms with Gasteiger partial charge in [0.1, 0.15) is 29.8 Å². The van der Waals surface area contributed by atoms with E-state index in [4.69, 9.17) is 14.5 Å². The molecule has 1 saturated heterocycles. The number of benzene rings is 1. The molecule has 0 radical (unpaired) electrons. The lowest BCUT2D eigenvalue weighted by atomic mass is 10.2. The number of hydrogen-bond donors (Lipinski definition) is 4. The topological polar surface area (TPSA) is 156 Å². The molecule has 1 aromatic carbocycles. The van der Waals surface area contributed by atoms with E-state index in [-0.39, 0.29) is 12.2 Å². The van der Waals surface area contributed by atoms with Crippen molar-refractivity contribution >= 4 is 24.5 Å². The molecule has 3 atom stereocenters. The fourth-order valence-corrected chi connectivity index (χ4v) is 3.84. The van der Waals surface area contributed by atoms with Crippen LogP contribution in [0.25, 0.3) is 16.7 Å². The summed E-state index contributed by atoms with van der Waals surface area (Å²) in [6.45, 7) is -0.522. The molecule has 0 amide bonds. The number of aliphatic hydroxyl groups is 1. The molecule has 4 rings (SSSR count). The first-order valence-electron chi connectivity index (χ1n) is 7.99. The summed E-state index contributed by atoms with van der Waals surface area (Å²) in [5.74, 6) is 0.0218. The summed E-state index contributed by atoms with van der Waals surface area (Å²) in [6.07, 6.45) is -1.52. The molecule has 12 heteroatoms. The number of hydrogen-bond acceptors (Lipinski definition) is 7. The number of phosphoric ester groups is 1. The summed E-state index contributed by atoms with van der Waals surface area (Å²) in [5, 5.41) is 19.0. The van der Waals surface area contributed by atoms with Crippen molar-refractivity contribution in [1.29, 1.82) is 0 Å². The van der Waals surface area contributed by atoms with Crippen LogP contribution in [0.1, 0.15) is 12.6 Å². The van der Waals surface area contributed by atoms with Crippen LogP contribution in [-0.2, 0) is 13.8 Å². The predicted molar refractivity (Wildman–Crippen MR) is 91.2 cm³/mol. The van der Waals surface area contributed by atoms with Crippen molar-refractivity contribution in [3.63, 3.8) is 0 Å². The molecule has 3 aromatic rings. The van der Waals surface area contributed by atoms with Gasteiger partial charge in [-0.1, -0.05) is 0 Å². The third kappa shape index (κ3) is 3.25. The van der Waals surface area contributed by atoms with Crippen LogP contribution in [0.15, 0.2) is 35.3 Å². The highest BCUT2D eigenvalue weighted by Crippen LogP contribution is 2.43. The minimum atomic E-state index is -4.78. The normalized spacial score (nSPS) is 23.4. The van der Waals surface area contributed by atoms with Crippen LogP contribution < -0.4 is 5.69 Å². The van der Waals surface area contributed by atoms with Crippen molar-refractivity contribution in [3.05, 3.63) is 40.9 Å². The van der Waals surface area contributed by atoms with Gasteiger partial charge in [0.05, 0.1) is 17.6 Å². The molecule has 144 valence electrons. The first-order valence-corrected chi connectivity index (χ1v) is 9.52. The van der Waals surface area contributed by atoms with E-state index in [9.17, 15) is 19.6 Å². The number of phosphoric acid groups is 1. The van der Waals surface area contributed by atoms with Crippen LogP contribution in [-0.4, -0.2) is 52.8 Å². The zero-order valence-corrected chi connectivity index (χ0v) is 14.6. The second kappa shape index (κ2) is 6.41. The molecule has 1 aliphatic heterocycles. The third-order valence-corrected chi connectivity index (χ3v) is 4.95. The minimum absolute atomic E-state index is 0.0218. The number of nitrogens with zero attached hydrogens (tertiary/aromatic N) is 3. The fourth-order valence-electron chi connectivity index (χ4n) is 3.27. The Bertz CT molecular complexity index is 1120. The smallest absolute Gasteiger partial charge is 0.469 e. The highest BCUT2D eigenvalue weighted by atomic mass is 31.2. The van der Waals surface area contributed by atoms with Gasteiger partial charge in [-0.25, -0.2) is 18.7 Å². The van der Waals surface area contributed by atoms with E-state index in [1.165, 1.54) is 27.3 Å². The van der Waals surface area contributed by atoms with Crippen LogP contribution in [0.3, 0.4) is 0 Å². The summed E-state index contributed by atoms with van der Waals surface area (Å²) in [4.78, 5) is 35.2. The van der Waals surface area contributed by atoms with Gasteiger partial charge < -0.3 is 24.7 Å². The van der Waals surface area contributed by atoms with Crippen molar-refractivity contribution in [2.75, 3.05) is 6.61 Å². The molecule has 27 heavy (non-hydrogen) atoms. The number of phenols is 1. The number of fused-ring (bicyclic) bond motifs is 3. The predicted octanol–water partition coefficient (Wildman–Crippen LogP) is 0.112. The van der Waals surface area contributed by atoms with Gasteiger partial charge in [0, 0.05) is 18.7 Å². The molecule has 1 fully saturated rings. The van der Waals surface area contributed by atoms with Gasteiger partial charge in [-0.3, -0.25) is 9.09 Å². The molecule has 3 heterocycles. The average Bonchev–Trinajstić information content (AvgIpc) is 3.14. The third-order valence-electron chi connectivity index (χ3n) is 4.40. The molecular formula is C15H16N3O8P. The zero-order valence-electron chi connectivity index (χ0n) is 13.7. The maximum atomic E-state index is 12.9. The Morgan fingerprint density at radius 1 is 1.33 bits per heavy atom. The molecule has 0 unspecified atom stereocenters. The second-order valence-corrected chi connectivity index (χ2v) is 7.36. The van der Waals surface area contributed by atoms with Crippen molar-refractivity contribution in [3.8, 4) is 5.75 Å². The Kier molecular flexibility index (Phi) is 4.30. The summed E-state index contributed by atoms with van der Waals surface area (Å²) in [5.41, 5.74) is 0.811. The van der Waals surface area contributed by atoms with E-state index in [1.807, 2.05) is 0 Å². The van der Waals surface area contributed by atoms with Crippen LogP contribution >= 0.6 is 7.82 Å². The van der Waals surface area contributed by atoms with E-state index < -0.39 is 38.6 Å². The Morgan fingerprint density at radius 3 is 2.81 bits per heavy atom. The second-order valence-electron chi connectivity index (χ2n) is 6.17. The first kappa shape index (κ1) is 18.1. The lowest BCUT2D eigenvalue weighted by Gasteiger charge is -2.16. The van der Waals surface area contributed by atoms with Crippen LogP contribution in [0, 0.1) is 0 Å². The first-order chi connectivity index (χ1) is 12.8. The van der Waals surface area contributed by atoms with E-state index >= 15 is 0 Å². The summed E-state index contributed by atoms with van der Waals surface area (Å²) in [6, 6.07) is 6.00. The van der Waals surface area contributed by atoms with E-state index in [0.717, 1.165) is 0 Å². The highest BCUT2D eigenvalue weighted by molar-refractivity contribution is 7.46. The monoisotopic (exact) mass is 397 g/mol. The number of phenolic OH excluding ortho intramolecular Hbond substituents is 1. The van der Waals surface area contributed by atoms with Gasteiger partial charge in [0.15, 0.2) is 0 Å². The Labute approximate surface area is 151 Å². The summed E-state index contributed by atoms with van der Waals surface area (Å²) < 4.78 is 23.9. The molecule has 0 spiro atoms. The molecule has 0 bridgehead atoms. The van der Waals surface area contributed by atoms with Crippen molar-refractivity contribution < 1.29 is 33.8 Å². The Hall–Kier alpha value is -2.27. The van der Waals surface area contributed by atoms with Crippen LogP contribution in [0.4, 0.5) is 0 Å². The van der Waals surface area contributed by atoms with Crippen molar-refractivity contribution in [2.24, 2.45) is 0 Å². The number of aliphatic hydroxyl groups excluding tert-OH is 1. The van der Waals surface area contributed by atoms with E-state index in [2.05, 4.69) is 9.51 Å². The Balaban J connectivity index is 1.76. The van der Waals surface area contributed by atoms with E-state index in [0.29, 0.717) is 16.7 Å². The zero-order chi connectivity index (χ0) is 19.3. The largest absolute Gasteiger partial charge is 0.508 e. The molecule has 11 nitrogen and oxygen atoms in total. The molecule has 4 N–H and O–H groups in total.